The summed E-state index contributed by atoms with van der Waals surface area (Å²) in [5, 5.41) is 0. The molecule has 0 saturated carbocycles. The van der Waals surface area contributed by atoms with Crippen LogP contribution in [0.25, 0.3) is 67.5 Å². The Kier molecular flexibility index (Phi) is 4.37. The summed E-state index contributed by atoms with van der Waals surface area (Å²) in [7, 11) is 0. The number of nitrogens with zero attached hydrogens (tertiary/aromatic N) is 3. The second-order valence-electron chi connectivity index (χ2n) is 11.4. The van der Waals surface area contributed by atoms with Crippen molar-refractivity contribution in [3.63, 3.8) is 0 Å². The predicted octanol–water partition coefficient (Wildman–Crippen LogP) is 10.5. The number of hydrogen-bond acceptors (Lipinski definition) is 3. The number of aromatic nitrogens is 3. The van der Waals surface area contributed by atoms with Crippen LogP contribution in [0.5, 0.6) is 0 Å². The lowest BCUT2D eigenvalue weighted by Gasteiger charge is -2.22. The van der Waals surface area contributed by atoms with Crippen molar-refractivity contribution < 1.29 is 13.7 Å². The van der Waals surface area contributed by atoms with Crippen LogP contribution >= 0.6 is 0 Å². The van der Waals surface area contributed by atoms with E-state index in [2.05, 4.69) is 83.4 Å². The molecule has 214 valence electrons. The van der Waals surface area contributed by atoms with E-state index in [9.17, 15) is 0 Å². The maximum Gasteiger partial charge on any atom is 0.164 e. The number of fused-ring (bicyclic) bond motifs is 3. The zero-order valence-corrected chi connectivity index (χ0v) is 24.5. The average molecular weight is 588 g/mol. The SMILES string of the molecule is [2H]c1c([2H])c([2H])c(-c2nc(-c3cccc(-c4cccc(-c5ccc6c(c5)C(C)(C)c5ccccc5-6)c4)c3)nc(-c3c([2H])c([2H])c([2H])c([2H])c3[2H])n2)c([2H])c1[2H]. The molecule has 3 heteroatoms. The van der Waals surface area contributed by atoms with Crippen molar-refractivity contribution in [2.24, 2.45) is 0 Å². The number of benzene rings is 6. The first-order valence-electron chi connectivity index (χ1n) is 19.5. The van der Waals surface area contributed by atoms with Gasteiger partial charge in [-0.1, -0.05) is 147 Å². The molecular weight excluding hydrogens is 546 g/mol. The van der Waals surface area contributed by atoms with Crippen molar-refractivity contribution in [1.29, 1.82) is 0 Å². The molecule has 1 heterocycles. The Hall–Kier alpha value is -5.67. The standard InChI is InChI=1S/C42H31N3/c1-42(2)37-22-10-9-21-35(37)36-24-23-33(27-38(36)42)31-18-11-17-30(25-31)32-19-12-20-34(26-32)41-44-39(28-13-5-3-6-14-28)43-40(45-41)29-15-7-4-8-16-29/h3-27H,1-2H3/i3D,4D,5D,6D,7D,8D,13D,14D,15D,16D. The number of hydrogen-bond donors (Lipinski definition) is 0. The van der Waals surface area contributed by atoms with E-state index in [4.69, 9.17) is 13.7 Å². The Morgan fingerprint density at radius 1 is 0.422 bits per heavy atom. The van der Waals surface area contributed by atoms with E-state index in [0.717, 1.165) is 22.3 Å². The molecule has 0 fully saturated rings. The molecule has 0 saturated heterocycles. The topological polar surface area (TPSA) is 38.7 Å². The van der Waals surface area contributed by atoms with Gasteiger partial charge in [0, 0.05) is 22.1 Å². The molecule has 0 unspecified atom stereocenters. The Labute approximate surface area is 278 Å². The van der Waals surface area contributed by atoms with Crippen molar-refractivity contribution >= 4 is 0 Å². The largest absolute Gasteiger partial charge is 0.208 e. The lowest BCUT2D eigenvalue weighted by atomic mass is 9.81. The monoisotopic (exact) mass is 587 g/mol. The van der Waals surface area contributed by atoms with E-state index in [1.165, 1.54) is 22.3 Å². The minimum atomic E-state index is -0.597. The van der Waals surface area contributed by atoms with Crippen LogP contribution in [0.3, 0.4) is 0 Å². The Balaban J connectivity index is 1.27. The fourth-order valence-electron chi connectivity index (χ4n) is 6.05. The van der Waals surface area contributed by atoms with Gasteiger partial charge < -0.3 is 0 Å². The summed E-state index contributed by atoms with van der Waals surface area (Å²) in [4.78, 5) is 13.5. The zero-order chi connectivity index (χ0) is 39.1. The molecule has 1 aromatic heterocycles. The highest BCUT2D eigenvalue weighted by Crippen LogP contribution is 2.49. The van der Waals surface area contributed by atoms with Gasteiger partial charge in [0.15, 0.2) is 17.5 Å². The molecule has 0 N–H and O–H groups in total. The molecule has 0 radical (unpaired) electrons. The van der Waals surface area contributed by atoms with E-state index >= 15 is 0 Å². The second kappa shape index (κ2) is 10.8. The van der Waals surface area contributed by atoms with Crippen LogP contribution in [0, 0.1) is 0 Å². The molecule has 0 aliphatic heterocycles. The van der Waals surface area contributed by atoms with E-state index in [1.54, 1.807) is 6.07 Å². The third-order valence-corrected chi connectivity index (χ3v) is 8.32. The quantitative estimate of drug-likeness (QED) is 0.201. The first-order valence-corrected chi connectivity index (χ1v) is 14.5. The molecule has 0 amide bonds. The molecule has 6 aromatic carbocycles. The van der Waals surface area contributed by atoms with Crippen molar-refractivity contribution in [3.05, 3.63) is 163 Å². The number of rotatable bonds is 5. The summed E-state index contributed by atoms with van der Waals surface area (Å²) < 4.78 is 83.6. The molecule has 3 nitrogen and oxygen atoms in total. The van der Waals surface area contributed by atoms with Crippen molar-refractivity contribution in [1.82, 2.24) is 15.0 Å². The van der Waals surface area contributed by atoms with Gasteiger partial charge >= 0.3 is 0 Å². The fraction of sp³-hybridized carbons (Fsp3) is 0.0714. The smallest absolute Gasteiger partial charge is 0.164 e. The molecule has 8 rings (SSSR count). The highest BCUT2D eigenvalue weighted by Gasteiger charge is 2.35. The normalized spacial score (nSPS) is 16.0. The molecule has 45 heavy (non-hydrogen) atoms. The van der Waals surface area contributed by atoms with Gasteiger partial charge in [0.05, 0.1) is 13.7 Å². The second-order valence-corrected chi connectivity index (χ2v) is 11.4. The predicted molar refractivity (Wildman–Crippen MR) is 185 cm³/mol. The van der Waals surface area contributed by atoms with Gasteiger partial charge in [-0.15, -0.1) is 0 Å². The van der Waals surface area contributed by atoms with Crippen LogP contribution in [0.2, 0.25) is 0 Å². The first kappa shape index (κ1) is 18.2. The Morgan fingerprint density at radius 3 is 1.49 bits per heavy atom. The molecule has 0 spiro atoms. The van der Waals surface area contributed by atoms with E-state index < -0.39 is 60.4 Å². The van der Waals surface area contributed by atoms with Crippen LogP contribution in [-0.4, -0.2) is 15.0 Å². The maximum atomic E-state index is 8.61. The molecule has 0 atom stereocenters. The maximum absolute atomic E-state index is 8.61. The van der Waals surface area contributed by atoms with Crippen molar-refractivity contribution in [3.8, 4) is 67.5 Å². The Morgan fingerprint density at radius 2 is 0.889 bits per heavy atom. The first-order chi connectivity index (χ1) is 26.2. The van der Waals surface area contributed by atoms with Crippen LogP contribution in [0.15, 0.2) is 151 Å². The van der Waals surface area contributed by atoms with Gasteiger partial charge in [-0.25, -0.2) is 15.0 Å². The minimum Gasteiger partial charge on any atom is -0.208 e. The van der Waals surface area contributed by atoms with Gasteiger partial charge in [-0.2, -0.15) is 0 Å². The van der Waals surface area contributed by atoms with Crippen molar-refractivity contribution in [2.75, 3.05) is 0 Å². The molecule has 1 aliphatic rings. The Bertz CT molecular complexity index is 2620. The third-order valence-electron chi connectivity index (χ3n) is 8.32. The van der Waals surface area contributed by atoms with Crippen LogP contribution in [-0.2, 0) is 5.41 Å². The van der Waals surface area contributed by atoms with Gasteiger partial charge in [-0.3, -0.25) is 0 Å². The van der Waals surface area contributed by atoms with E-state index in [1.807, 2.05) is 30.3 Å². The molecule has 7 aromatic rings. The van der Waals surface area contributed by atoms with Crippen LogP contribution < -0.4 is 0 Å². The average Bonchev–Trinajstić information content (AvgIpc) is 3.43. The van der Waals surface area contributed by atoms with Gasteiger partial charge in [-0.05, 0) is 62.7 Å². The minimum absolute atomic E-state index is 0.0112. The summed E-state index contributed by atoms with van der Waals surface area (Å²) >= 11 is 0. The van der Waals surface area contributed by atoms with E-state index in [0.29, 0.717) is 5.56 Å². The van der Waals surface area contributed by atoms with Gasteiger partial charge in [0.2, 0.25) is 0 Å². The fourth-order valence-corrected chi connectivity index (χ4v) is 6.05. The van der Waals surface area contributed by atoms with Gasteiger partial charge in [0.1, 0.15) is 0 Å². The van der Waals surface area contributed by atoms with Crippen molar-refractivity contribution in [2.45, 2.75) is 19.3 Å². The van der Waals surface area contributed by atoms with Crippen LogP contribution in [0.4, 0.5) is 0 Å². The van der Waals surface area contributed by atoms with Gasteiger partial charge in [0.25, 0.3) is 0 Å². The summed E-state index contributed by atoms with van der Waals surface area (Å²) in [6, 6.07) is 24.7. The summed E-state index contributed by atoms with van der Waals surface area (Å²) in [6.07, 6.45) is 0. The summed E-state index contributed by atoms with van der Waals surface area (Å²) in [5.41, 5.74) is 8.53. The van der Waals surface area contributed by atoms with Crippen LogP contribution in [0.1, 0.15) is 38.7 Å². The highest BCUT2D eigenvalue weighted by atomic mass is 15.0. The van der Waals surface area contributed by atoms with E-state index in [-0.39, 0.29) is 34.0 Å². The summed E-state index contributed by atoms with van der Waals surface area (Å²) in [6.45, 7) is 4.49. The zero-order valence-electron chi connectivity index (χ0n) is 34.5. The summed E-state index contributed by atoms with van der Waals surface area (Å²) in [5.74, 6) is -0.604. The molecule has 0 bridgehead atoms. The lowest BCUT2D eigenvalue weighted by molar-refractivity contribution is 0.660. The molecular formula is C42H31N3. The molecule has 1 aliphatic carbocycles. The lowest BCUT2D eigenvalue weighted by Crippen LogP contribution is -2.14. The third kappa shape index (κ3) is 4.83. The highest BCUT2D eigenvalue weighted by molar-refractivity contribution is 5.84.